The number of aromatic nitrogens is 4. The smallest absolute Gasteiger partial charge is 0.336 e. The van der Waals surface area contributed by atoms with Crippen molar-refractivity contribution in [3.05, 3.63) is 64.7 Å². The molecular weight excluding hydrogens is 389 g/mol. The van der Waals surface area contributed by atoms with Crippen LogP contribution in [0.5, 0.6) is 0 Å². The molecule has 0 atom stereocenters. The molecule has 0 bridgehead atoms. The van der Waals surface area contributed by atoms with Crippen molar-refractivity contribution < 1.29 is 18.0 Å². The maximum atomic E-state index is 12.7. The number of carbonyl (C=O) groups excluding carboxylic acids is 1. The molecule has 0 saturated carbocycles. The van der Waals surface area contributed by atoms with Crippen LogP contribution in [0.2, 0.25) is 0 Å². The van der Waals surface area contributed by atoms with Crippen molar-refractivity contribution in [1.29, 1.82) is 0 Å². The number of nitrogens with one attached hydrogen (secondary N) is 2. The van der Waals surface area contributed by atoms with Crippen LogP contribution in [0.4, 0.5) is 23.7 Å². The maximum Gasteiger partial charge on any atom is 0.416 e. The number of hydrogen-bond acceptors (Lipinski definition) is 4. The van der Waals surface area contributed by atoms with E-state index in [2.05, 4.69) is 20.7 Å². The van der Waals surface area contributed by atoms with Crippen LogP contribution in [0.15, 0.2) is 53.5 Å². The number of alkyl halides is 3. The van der Waals surface area contributed by atoms with E-state index < -0.39 is 17.8 Å². The predicted molar refractivity (Wildman–Crippen MR) is 99.2 cm³/mol. The maximum absolute atomic E-state index is 12.7. The van der Waals surface area contributed by atoms with Gasteiger partial charge in [0, 0.05) is 25.5 Å². The fraction of sp³-hybridized carbons (Fsp3) is 0.222. The highest BCUT2D eigenvalue weighted by atomic mass is 19.4. The molecule has 2 heterocycles. The summed E-state index contributed by atoms with van der Waals surface area (Å²) in [5, 5.41) is 9.01. The van der Waals surface area contributed by atoms with E-state index in [-0.39, 0.29) is 24.5 Å². The third-order valence-electron chi connectivity index (χ3n) is 3.99. The van der Waals surface area contributed by atoms with Crippen molar-refractivity contribution in [2.75, 3.05) is 11.9 Å². The number of carbonyl (C=O) groups is 1. The number of rotatable bonds is 5. The third-order valence-corrected chi connectivity index (χ3v) is 3.99. The number of nitrogens with zero attached hydrogens (tertiary/aromatic N) is 4. The lowest BCUT2D eigenvalue weighted by Gasteiger charge is -2.10. The molecule has 8 nitrogen and oxygen atoms in total. The Morgan fingerprint density at radius 3 is 2.66 bits per heavy atom. The number of halogens is 3. The minimum absolute atomic E-state index is 0.00441. The molecule has 0 fully saturated rings. The van der Waals surface area contributed by atoms with Crippen LogP contribution in [0.25, 0.3) is 11.5 Å². The van der Waals surface area contributed by atoms with Gasteiger partial charge < -0.3 is 10.6 Å². The van der Waals surface area contributed by atoms with Gasteiger partial charge in [-0.15, -0.1) is 5.10 Å². The first kappa shape index (κ1) is 20.1. The molecule has 0 saturated heterocycles. The SMILES string of the molecule is Cn1c(-c2ccccn2)nn(CCNC(=O)Nc2cccc(C(F)(F)F)c2)c1=O. The van der Waals surface area contributed by atoms with Gasteiger partial charge in [-0.2, -0.15) is 13.2 Å². The molecule has 0 aliphatic heterocycles. The zero-order valence-corrected chi connectivity index (χ0v) is 15.3. The van der Waals surface area contributed by atoms with Gasteiger partial charge in [-0.25, -0.2) is 14.3 Å². The lowest BCUT2D eigenvalue weighted by atomic mass is 10.2. The van der Waals surface area contributed by atoms with Crippen LogP contribution in [0.1, 0.15) is 5.56 Å². The van der Waals surface area contributed by atoms with E-state index in [9.17, 15) is 22.8 Å². The van der Waals surface area contributed by atoms with Crippen LogP contribution in [-0.4, -0.2) is 31.9 Å². The van der Waals surface area contributed by atoms with Gasteiger partial charge >= 0.3 is 17.9 Å². The minimum atomic E-state index is -4.50. The summed E-state index contributed by atoms with van der Waals surface area (Å²) in [6, 6.07) is 8.82. The highest BCUT2D eigenvalue weighted by Crippen LogP contribution is 2.30. The summed E-state index contributed by atoms with van der Waals surface area (Å²) in [4.78, 5) is 28.3. The van der Waals surface area contributed by atoms with Crippen molar-refractivity contribution in [1.82, 2.24) is 24.6 Å². The molecule has 3 aromatic rings. The van der Waals surface area contributed by atoms with E-state index >= 15 is 0 Å². The Morgan fingerprint density at radius 1 is 1.17 bits per heavy atom. The Hall–Kier alpha value is -3.63. The Labute approximate surface area is 163 Å². The fourth-order valence-corrected chi connectivity index (χ4v) is 2.58. The molecular formula is C18H17F3N6O2. The molecule has 0 aliphatic carbocycles. The Kier molecular flexibility index (Phi) is 5.66. The van der Waals surface area contributed by atoms with Gasteiger partial charge in [0.05, 0.1) is 12.1 Å². The minimum Gasteiger partial charge on any atom is -0.336 e. The normalized spacial score (nSPS) is 11.3. The summed E-state index contributed by atoms with van der Waals surface area (Å²) in [7, 11) is 1.56. The van der Waals surface area contributed by atoms with Gasteiger partial charge in [-0.05, 0) is 30.3 Å². The lowest BCUT2D eigenvalue weighted by Crippen LogP contribution is -2.34. The van der Waals surface area contributed by atoms with Crippen molar-refractivity contribution in [3.63, 3.8) is 0 Å². The summed E-state index contributed by atoms with van der Waals surface area (Å²) in [5.41, 5.74) is -0.714. The highest BCUT2D eigenvalue weighted by Gasteiger charge is 2.30. The van der Waals surface area contributed by atoms with E-state index in [1.54, 1.807) is 31.4 Å². The second-order valence-electron chi connectivity index (χ2n) is 6.06. The number of urea groups is 1. The van der Waals surface area contributed by atoms with Crippen molar-refractivity contribution in [2.45, 2.75) is 12.7 Å². The molecule has 2 amide bonds. The van der Waals surface area contributed by atoms with E-state index in [1.807, 2.05) is 0 Å². The molecule has 29 heavy (non-hydrogen) atoms. The van der Waals surface area contributed by atoms with Gasteiger partial charge in [-0.1, -0.05) is 12.1 Å². The largest absolute Gasteiger partial charge is 0.416 e. The fourth-order valence-electron chi connectivity index (χ4n) is 2.58. The van der Waals surface area contributed by atoms with Gasteiger partial charge in [0.15, 0.2) is 5.82 Å². The van der Waals surface area contributed by atoms with Crippen LogP contribution >= 0.6 is 0 Å². The summed E-state index contributed by atoms with van der Waals surface area (Å²) < 4.78 is 40.7. The van der Waals surface area contributed by atoms with E-state index in [0.717, 1.165) is 12.1 Å². The zero-order chi connectivity index (χ0) is 21.0. The van der Waals surface area contributed by atoms with Crippen LogP contribution in [-0.2, 0) is 19.8 Å². The summed E-state index contributed by atoms with van der Waals surface area (Å²) in [6.07, 6.45) is -2.92. The van der Waals surface area contributed by atoms with Crippen molar-refractivity contribution >= 4 is 11.7 Å². The quantitative estimate of drug-likeness (QED) is 0.681. The van der Waals surface area contributed by atoms with Crippen molar-refractivity contribution in [3.8, 4) is 11.5 Å². The second-order valence-corrected chi connectivity index (χ2v) is 6.06. The molecule has 152 valence electrons. The molecule has 0 aliphatic rings. The summed E-state index contributed by atoms with van der Waals surface area (Å²) >= 11 is 0. The Balaban J connectivity index is 1.59. The Morgan fingerprint density at radius 2 is 1.97 bits per heavy atom. The van der Waals surface area contributed by atoms with E-state index in [0.29, 0.717) is 11.5 Å². The first-order chi connectivity index (χ1) is 13.8. The number of amides is 2. The van der Waals surface area contributed by atoms with Gasteiger partial charge in [0.2, 0.25) is 0 Å². The van der Waals surface area contributed by atoms with Crippen LogP contribution in [0.3, 0.4) is 0 Å². The second kappa shape index (κ2) is 8.17. The third kappa shape index (κ3) is 4.81. The summed E-state index contributed by atoms with van der Waals surface area (Å²) in [6.45, 7) is 0.124. The Bertz CT molecular complexity index is 1060. The number of anilines is 1. The first-order valence-electron chi connectivity index (χ1n) is 8.53. The molecule has 11 heteroatoms. The standard InChI is InChI=1S/C18H17F3N6O2/c1-26-15(14-7-2-3-8-22-14)25-27(17(26)29)10-9-23-16(28)24-13-6-4-5-12(11-13)18(19,20)21/h2-8,11H,9-10H2,1H3,(H2,23,24,28). The molecule has 3 rings (SSSR count). The monoisotopic (exact) mass is 406 g/mol. The number of benzene rings is 1. The van der Waals surface area contributed by atoms with Crippen molar-refractivity contribution in [2.24, 2.45) is 7.05 Å². The zero-order valence-electron chi connectivity index (χ0n) is 15.3. The molecule has 0 spiro atoms. The molecule has 2 N–H and O–H groups in total. The highest BCUT2D eigenvalue weighted by molar-refractivity contribution is 5.89. The number of pyridine rings is 1. The average molecular weight is 406 g/mol. The molecule has 0 radical (unpaired) electrons. The van der Waals surface area contributed by atoms with Gasteiger partial charge in [0.25, 0.3) is 0 Å². The topological polar surface area (TPSA) is 93.8 Å². The van der Waals surface area contributed by atoms with Crippen LogP contribution < -0.4 is 16.3 Å². The average Bonchev–Trinajstić information content (AvgIpc) is 2.97. The van der Waals surface area contributed by atoms with Gasteiger partial charge in [0.1, 0.15) is 5.69 Å². The van der Waals surface area contributed by atoms with E-state index in [4.69, 9.17) is 0 Å². The van der Waals surface area contributed by atoms with E-state index in [1.165, 1.54) is 21.4 Å². The molecule has 1 aromatic carbocycles. The lowest BCUT2D eigenvalue weighted by molar-refractivity contribution is -0.137. The predicted octanol–water partition coefficient (Wildman–Crippen LogP) is 2.48. The molecule has 0 unspecified atom stereocenters. The number of hydrogen-bond donors (Lipinski definition) is 2. The van der Waals surface area contributed by atoms with Gasteiger partial charge in [-0.3, -0.25) is 9.55 Å². The molecule has 2 aromatic heterocycles. The first-order valence-corrected chi connectivity index (χ1v) is 8.53. The van der Waals surface area contributed by atoms with Crippen LogP contribution in [0, 0.1) is 0 Å². The summed E-state index contributed by atoms with van der Waals surface area (Å²) in [5.74, 6) is 0.379.